The van der Waals surface area contributed by atoms with Crippen molar-refractivity contribution in [1.29, 1.82) is 0 Å². The van der Waals surface area contributed by atoms with Crippen LogP contribution in [0.25, 0.3) is 0 Å². The highest BCUT2D eigenvalue weighted by Gasteiger charge is 2.20. The minimum atomic E-state index is -1.01. The van der Waals surface area contributed by atoms with Crippen LogP contribution < -0.4 is 10.6 Å². The molecule has 0 heterocycles. The average molecular weight is 294 g/mol. The van der Waals surface area contributed by atoms with Crippen LogP contribution in [0.1, 0.15) is 25.3 Å². The lowest BCUT2D eigenvalue weighted by molar-refractivity contribution is -0.124. The summed E-state index contributed by atoms with van der Waals surface area (Å²) in [6.07, 6.45) is 0.975. The van der Waals surface area contributed by atoms with E-state index in [0.29, 0.717) is 13.2 Å². The molecule has 1 unspecified atom stereocenters. The number of aliphatic hydroxyl groups excluding tert-OH is 1. The predicted molar refractivity (Wildman–Crippen MR) is 78.6 cm³/mol. The molecule has 0 radical (unpaired) electrons. The molecule has 0 aliphatic rings. The van der Waals surface area contributed by atoms with Gasteiger partial charge in [0.2, 0.25) is 5.91 Å². The fourth-order valence-corrected chi connectivity index (χ4v) is 1.60. The number of benzene rings is 1. The van der Waals surface area contributed by atoms with Crippen molar-refractivity contribution >= 4 is 12.0 Å². The van der Waals surface area contributed by atoms with Crippen molar-refractivity contribution in [3.63, 3.8) is 0 Å². The lowest BCUT2D eigenvalue weighted by Gasteiger charge is -2.16. The summed E-state index contributed by atoms with van der Waals surface area (Å²) in [7, 11) is 0. The summed E-state index contributed by atoms with van der Waals surface area (Å²) in [6, 6.07) is 8.36. The molecule has 1 rings (SSSR count). The number of aliphatic hydroxyl groups is 1. The number of nitrogens with one attached hydrogen (secondary N) is 2. The maximum atomic E-state index is 11.9. The first-order valence-corrected chi connectivity index (χ1v) is 7.03. The van der Waals surface area contributed by atoms with Gasteiger partial charge in [-0.3, -0.25) is 4.79 Å². The fourth-order valence-electron chi connectivity index (χ4n) is 1.60. The van der Waals surface area contributed by atoms with E-state index in [0.717, 1.165) is 18.4 Å². The van der Waals surface area contributed by atoms with E-state index in [4.69, 9.17) is 4.74 Å². The third kappa shape index (κ3) is 6.76. The highest BCUT2D eigenvalue weighted by molar-refractivity contribution is 5.85. The molecule has 1 atom stereocenters. The topological polar surface area (TPSA) is 87.7 Å². The Morgan fingerprint density at radius 1 is 1.29 bits per heavy atom. The van der Waals surface area contributed by atoms with E-state index in [1.54, 1.807) is 0 Å². The molecule has 1 aromatic carbocycles. The molecule has 6 nitrogen and oxygen atoms in total. The number of ether oxygens (including phenoxy) is 1. The largest absolute Gasteiger partial charge is 0.450 e. The van der Waals surface area contributed by atoms with Crippen molar-refractivity contribution in [2.24, 2.45) is 0 Å². The van der Waals surface area contributed by atoms with Crippen molar-refractivity contribution in [2.75, 3.05) is 13.2 Å². The third-order valence-electron chi connectivity index (χ3n) is 2.83. The van der Waals surface area contributed by atoms with E-state index >= 15 is 0 Å². The van der Waals surface area contributed by atoms with Crippen molar-refractivity contribution in [3.05, 3.63) is 35.9 Å². The van der Waals surface area contributed by atoms with Gasteiger partial charge in [-0.1, -0.05) is 43.7 Å². The molecule has 0 aliphatic heterocycles. The fraction of sp³-hybridized carbons (Fsp3) is 0.467. The number of carbonyl (C=O) groups excluding carboxylic acids is 2. The predicted octanol–water partition coefficient (Wildman–Crippen LogP) is 1.19. The number of carbonyl (C=O) groups is 2. The van der Waals surface area contributed by atoms with Crippen LogP contribution in [0.15, 0.2) is 30.3 Å². The molecule has 0 aromatic heterocycles. The van der Waals surface area contributed by atoms with Crippen molar-refractivity contribution in [3.8, 4) is 0 Å². The van der Waals surface area contributed by atoms with Crippen LogP contribution in [0.5, 0.6) is 0 Å². The summed E-state index contributed by atoms with van der Waals surface area (Å²) in [5.74, 6) is -0.450. The molecule has 0 saturated heterocycles. The van der Waals surface area contributed by atoms with Crippen LogP contribution in [-0.2, 0) is 16.1 Å². The Morgan fingerprint density at radius 2 is 2.00 bits per heavy atom. The Bertz CT molecular complexity index is 437. The normalized spacial score (nSPS) is 11.5. The molecule has 0 bridgehead atoms. The first-order valence-electron chi connectivity index (χ1n) is 7.03. The zero-order valence-electron chi connectivity index (χ0n) is 12.2. The van der Waals surface area contributed by atoms with E-state index in [2.05, 4.69) is 10.6 Å². The second-order valence-corrected chi connectivity index (χ2v) is 4.57. The van der Waals surface area contributed by atoms with Gasteiger partial charge >= 0.3 is 6.09 Å². The number of hydrogen-bond acceptors (Lipinski definition) is 4. The Morgan fingerprint density at radius 3 is 2.62 bits per heavy atom. The molecule has 1 aromatic rings. The van der Waals surface area contributed by atoms with Gasteiger partial charge in [0.1, 0.15) is 6.04 Å². The minimum Gasteiger partial charge on any atom is -0.450 e. The molecule has 0 aliphatic carbocycles. The summed E-state index contributed by atoms with van der Waals surface area (Å²) < 4.78 is 4.89. The van der Waals surface area contributed by atoms with Gasteiger partial charge in [-0.05, 0) is 12.0 Å². The van der Waals surface area contributed by atoms with Gasteiger partial charge in [-0.15, -0.1) is 0 Å². The zero-order valence-corrected chi connectivity index (χ0v) is 12.2. The van der Waals surface area contributed by atoms with Crippen LogP contribution >= 0.6 is 0 Å². The number of hydrogen-bond donors (Lipinski definition) is 3. The van der Waals surface area contributed by atoms with Gasteiger partial charge in [0.05, 0.1) is 13.2 Å². The summed E-state index contributed by atoms with van der Waals surface area (Å²) in [5, 5.41) is 14.2. The first kappa shape index (κ1) is 17.0. The van der Waals surface area contributed by atoms with Crippen LogP contribution in [0.4, 0.5) is 4.79 Å². The van der Waals surface area contributed by atoms with E-state index in [9.17, 15) is 14.7 Å². The minimum absolute atomic E-state index is 0.298. The summed E-state index contributed by atoms with van der Waals surface area (Å²) in [6.45, 7) is 2.13. The van der Waals surface area contributed by atoms with Crippen LogP contribution in [-0.4, -0.2) is 36.4 Å². The number of rotatable bonds is 8. The van der Waals surface area contributed by atoms with Gasteiger partial charge in [0, 0.05) is 6.54 Å². The number of alkyl carbamates (subject to hydrolysis) is 1. The molecule has 116 valence electrons. The quantitative estimate of drug-likeness (QED) is 0.628. The Kier molecular flexibility index (Phi) is 7.89. The van der Waals surface area contributed by atoms with Crippen molar-refractivity contribution < 1.29 is 19.4 Å². The molecule has 0 saturated carbocycles. The molecule has 0 spiro atoms. The SMILES string of the molecule is CCCCOC(=O)NC(CO)C(=O)NCc1ccccc1. The van der Waals surface area contributed by atoms with Crippen LogP contribution in [0.3, 0.4) is 0 Å². The summed E-state index contributed by atoms with van der Waals surface area (Å²) in [5.41, 5.74) is 0.938. The Labute approximate surface area is 124 Å². The standard InChI is InChI=1S/C15H22N2O4/c1-2-3-9-21-15(20)17-13(11-18)14(19)16-10-12-7-5-4-6-8-12/h4-8,13,18H,2-3,9-11H2,1H3,(H,16,19)(H,17,20). The Hall–Kier alpha value is -2.08. The van der Waals surface area contributed by atoms with Gasteiger partial charge in [0.15, 0.2) is 0 Å². The Balaban J connectivity index is 2.36. The third-order valence-corrected chi connectivity index (χ3v) is 2.83. The van der Waals surface area contributed by atoms with Gasteiger partial charge in [-0.2, -0.15) is 0 Å². The molecule has 2 amide bonds. The van der Waals surface area contributed by atoms with E-state index in [-0.39, 0.29) is 0 Å². The van der Waals surface area contributed by atoms with Crippen molar-refractivity contribution in [1.82, 2.24) is 10.6 Å². The highest BCUT2D eigenvalue weighted by atomic mass is 16.5. The lowest BCUT2D eigenvalue weighted by Crippen LogP contribution is -2.48. The number of amides is 2. The molecule has 0 fully saturated rings. The van der Waals surface area contributed by atoms with E-state index < -0.39 is 24.6 Å². The molecule has 6 heteroatoms. The maximum absolute atomic E-state index is 11.9. The monoisotopic (exact) mass is 294 g/mol. The smallest absolute Gasteiger partial charge is 0.407 e. The number of unbranched alkanes of at least 4 members (excludes halogenated alkanes) is 1. The van der Waals surface area contributed by atoms with E-state index in [1.165, 1.54) is 0 Å². The molecular formula is C15H22N2O4. The first-order chi connectivity index (χ1) is 10.2. The molecular weight excluding hydrogens is 272 g/mol. The summed E-state index contributed by atoms with van der Waals surface area (Å²) >= 11 is 0. The van der Waals surface area contributed by atoms with Crippen LogP contribution in [0.2, 0.25) is 0 Å². The van der Waals surface area contributed by atoms with Crippen molar-refractivity contribution in [2.45, 2.75) is 32.4 Å². The molecule has 21 heavy (non-hydrogen) atoms. The second kappa shape index (κ2) is 9.77. The van der Waals surface area contributed by atoms with Gasteiger partial charge in [0.25, 0.3) is 0 Å². The summed E-state index contributed by atoms with van der Waals surface area (Å²) in [4.78, 5) is 23.3. The maximum Gasteiger partial charge on any atom is 0.407 e. The second-order valence-electron chi connectivity index (χ2n) is 4.57. The average Bonchev–Trinajstić information content (AvgIpc) is 2.51. The lowest BCUT2D eigenvalue weighted by atomic mass is 10.2. The molecule has 3 N–H and O–H groups in total. The van der Waals surface area contributed by atoms with E-state index in [1.807, 2.05) is 37.3 Å². The zero-order chi connectivity index (χ0) is 15.5. The highest BCUT2D eigenvalue weighted by Crippen LogP contribution is 1.98. The van der Waals surface area contributed by atoms with Crippen LogP contribution in [0, 0.1) is 0 Å². The van der Waals surface area contributed by atoms with Gasteiger partial charge in [-0.25, -0.2) is 4.79 Å². The van der Waals surface area contributed by atoms with Gasteiger partial charge < -0.3 is 20.5 Å².